The number of nitrogens with zero attached hydrogens (tertiary/aromatic N) is 3. The van der Waals surface area contributed by atoms with E-state index in [1.807, 2.05) is 11.0 Å². The van der Waals surface area contributed by atoms with Gasteiger partial charge in [-0.05, 0) is 56.6 Å². The summed E-state index contributed by atoms with van der Waals surface area (Å²) in [7, 11) is 0. The van der Waals surface area contributed by atoms with Crippen LogP contribution in [0.3, 0.4) is 0 Å². The average molecular weight is 387 g/mol. The van der Waals surface area contributed by atoms with Crippen molar-refractivity contribution < 1.29 is 19.8 Å². The number of piperidine rings is 2. The van der Waals surface area contributed by atoms with Gasteiger partial charge in [0.05, 0.1) is 0 Å². The first-order valence-electron chi connectivity index (χ1n) is 10.4. The molecule has 0 bridgehead atoms. The summed E-state index contributed by atoms with van der Waals surface area (Å²) in [6, 6.07) is 1.83. The lowest BCUT2D eigenvalue weighted by molar-refractivity contribution is -0.138. The predicted octanol–water partition coefficient (Wildman–Crippen LogP) is 1.86. The van der Waals surface area contributed by atoms with E-state index >= 15 is 0 Å². The van der Waals surface area contributed by atoms with Gasteiger partial charge < -0.3 is 20.0 Å². The maximum Gasteiger partial charge on any atom is 0.339 e. The van der Waals surface area contributed by atoms with E-state index in [9.17, 15) is 14.7 Å². The molecule has 1 spiro atoms. The number of aromatic carboxylic acids is 1. The Bertz CT molecular complexity index is 781. The molecule has 2 saturated heterocycles. The first kappa shape index (κ1) is 19.2. The predicted molar refractivity (Wildman–Crippen MR) is 105 cm³/mol. The van der Waals surface area contributed by atoms with Gasteiger partial charge in [-0.2, -0.15) is 0 Å². The first-order valence-corrected chi connectivity index (χ1v) is 10.4. The van der Waals surface area contributed by atoms with Gasteiger partial charge in [0.2, 0.25) is 5.91 Å². The number of carboxylic acids is 1. The van der Waals surface area contributed by atoms with Gasteiger partial charge in [-0.1, -0.05) is 0 Å². The topological polar surface area (TPSA) is 94.0 Å². The SMILES string of the molecule is O=C(O)c1cc2c(nc1N1CCCC3(CCC(=O)N(CCCO)C3)C1)CCC2. The number of carbonyl (C=O) groups is 2. The fraction of sp³-hybridized carbons (Fsp3) is 0.667. The van der Waals surface area contributed by atoms with Gasteiger partial charge in [-0.15, -0.1) is 0 Å². The summed E-state index contributed by atoms with van der Waals surface area (Å²) in [5, 5.41) is 18.9. The van der Waals surface area contributed by atoms with Crippen molar-refractivity contribution in [2.24, 2.45) is 5.41 Å². The lowest BCUT2D eigenvalue weighted by atomic mass is 9.73. The number of fused-ring (bicyclic) bond motifs is 1. The van der Waals surface area contributed by atoms with Crippen molar-refractivity contribution in [3.63, 3.8) is 0 Å². The van der Waals surface area contributed by atoms with Gasteiger partial charge in [0.1, 0.15) is 11.4 Å². The van der Waals surface area contributed by atoms with Crippen molar-refractivity contribution >= 4 is 17.7 Å². The third-order valence-corrected chi connectivity index (χ3v) is 6.56. The molecule has 0 radical (unpaired) electrons. The van der Waals surface area contributed by atoms with Crippen LogP contribution >= 0.6 is 0 Å². The van der Waals surface area contributed by atoms with E-state index < -0.39 is 5.97 Å². The second-order valence-corrected chi connectivity index (χ2v) is 8.54. The Labute approximate surface area is 165 Å². The number of carboxylic acid groups (broad SMARTS) is 1. The Morgan fingerprint density at radius 3 is 2.82 bits per heavy atom. The van der Waals surface area contributed by atoms with Crippen LogP contribution < -0.4 is 4.90 Å². The molecule has 7 nitrogen and oxygen atoms in total. The molecule has 1 atom stereocenters. The highest BCUT2D eigenvalue weighted by molar-refractivity contribution is 5.93. The van der Waals surface area contributed by atoms with Crippen LogP contribution in [-0.4, -0.2) is 64.8 Å². The molecule has 2 N–H and O–H groups in total. The number of carbonyl (C=O) groups excluding carboxylic acids is 1. The zero-order valence-electron chi connectivity index (χ0n) is 16.3. The van der Waals surface area contributed by atoms with Crippen LogP contribution in [0.25, 0.3) is 0 Å². The van der Waals surface area contributed by atoms with Gasteiger partial charge >= 0.3 is 5.97 Å². The number of aliphatic hydroxyl groups excluding tert-OH is 1. The normalized spacial score (nSPS) is 24.7. The van der Waals surface area contributed by atoms with Crippen LogP contribution in [0.4, 0.5) is 5.82 Å². The first-order chi connectivity index (χ1) is 13.5. The van der Waals surface area contributed by atoms with Crippen LogP contribution in [0.1, 0.15) is 60.1 Å². The average Bonchev–Trinajstić information content (AvgIpc) is 3.15. The Morgan fingerprint density at radius 1 is 1.18 bits per heavy atom. The van der Waals surface area contributed by atoms with Gasteiger partial charge in [-0.3, -0.25) is 4.79 Å². The lowest BCUT2D eigenvalue weighted by Crippen LogP contribution is -2.54. The molecule has 7 heteroatoms. The Morgan fingerprint density at radius 2 is 2.04 bits per heavy atom. The lowest BCUT2D eigenvalue weighted by Gasteiger charge is -2.48. The fourth-order valence-corrected chi connectivity index (χ4v) is 5.15. The molecule has 3 heterocycles. The number of hydrogen-bond acceptors (Lipinski definition) is 5. The van der Waals surface area contributed by atoms with E-state index in [4.69, 9.17) is 10.1 Å². The Kier molecular flexibility index (Phi) is 5.27. The standard InChI is InChI=1S/C21H29N3O4/c25-11-3-10-23-13-21(8-6-18(23)26)7-2-9-24(14-21)19-16(20(27)28)12-15-4-1-5-17(15)22-19/h12,25H,1-11,13-14H2,(H,27,28). The Balaban J connectivity index is 1.59. The number of amides is 1. The molecule has 1 aromatic rings. The molecular weight excluding hydrogens is 358 g/mol. The largest absolute Gasteiger partial charge is 0.478 e. The molecule has 1 amide bonds. The van der Waals surface area contributed by atoms with Crippen LogP contribution in [0.5, 0.6) is 0 Å². The van der Waals surface area contributed by atoms with Gasteiger partial charge in [0.25, 0.3) is 0 Å². The van der Waals surface area contributed by atoms with Gasteiger partial charge in [0, 0.05) is 50.3 Å². The van der Waals surface area contributed by atoms with Crippen molar-refractivity contribution in [1.82, 2.24) is 9.88 Å². The molecule has 28 heavy (non-hydrogen) atoms. The number of aliphatic hydroxyl groups is 1. The number of likely N-dealkylation sites (tertiary alicyclic amines) is 1. The zero-order chi connectivity index (χ0) is 19.7. The van der Waals surface area contributed by atoms with E-state index in [1.165, 1.54) is 0 Å². The minimum absolute atomic E-state index is 0.0158. The minimum Gasteiger partial charge on any atom is -0.478 e. The van der Waals surface area contributed by atoms with E-state index in [1.54, 1.807) is 0 Å². The van der Waals surface area contributed by atoms with Crippen molar-refractivity contribution in [1.29, 1.82) is 0 Å². The van der Waals surface area contributed by atoms with Crippen molar-refractivity contribution in [2.45, 2.75) is 51.4 Å². The van der Waals surface area contributed by atoms with Gasteiger partial charge in [0.15, 0.2) is 0 Å². The molecule has 0 aromatic carbocycles. The highest BCUT2D eigenvalue weighted by Crippen LogP contribution is 2.41. The maximum atomic E-state index is 12.3. The number of anilines is 1. The number of hydrogen-bond donors (Lipinski definition) is 2. The maximum absolute atomic E-state index is 12.3. The fourth-order valence-electron chi connectivity index (χ4n) is 5.15. The smallest absolute Gasteiger partial charge is 0.339 e. The highest BCUT2D eigenvalue weighted by atomic mass is 16.4. The van der Waals surface area contributed by atoms with Crippen molar-refractivity contribution in [3.05, 3.63) is 22.9 Å². The highest BCUT2D eigenvalue weighted by Gasteiger charge is 2.42. The molecule has 1 aromatic heterocycles. The summed E-state index contributed by atoms with van der Waals surface area (Å²) in [6.45, 7) is 2.91. The third-order valence-electron chi connectivity index (χ3n) is 6.56. The number of rotatable bonds is 5. The second-order valence-electron chi connectivity index (χ2n) is 8.54. The summed E-state index contributed by atoms with van der Waals surface area (Å²) in [4.78, 5) is 33.0. The molecule has 1 unspecified atom stereocenters. The minimum atomic E-state index is -0.916. The molecule has 3 aliphatic rings. The molecule has 1 aliphatic carbocycles. The molecule has 2 fully saturated rings. The quantitative estimate of drug-likeness (QED) is 0.801. The third kappa shape index (κ3) is 3.60. The summed E-state index contributed by atoms with van der Waals surface area (Å²) >= 11 is 0. The monoisotopic (exact) mass is 387 g/mol. The van der Waals surface area contributed by atoms with Crippen molar-refractivity contribution in [3.8, 4) is 0 Å². The van der Waals surface area contributed by atoms with E-state index in [0.29, 0.717) is 37.3 Å². The summed E-state index contributed by atoms with van der Waals surface area (Å²) < 4.78 is 0. The van der Waals surface area contributed by atoms with Crippen LogP contribution in [0.2, 0.25) is 0 Å². The molecular formula is C21H29N3O4. The van der Waals surface area contributed by atoms with Crippen molar-refractivity contribution in [2.75, 3.05) is 37.7 Å². The Hall–Kier alpha value is -2.15. The van der Waals surface area contributed by atoms with E-state index in [2.05, 4.69) is 4.90 Å². The summed E-state index contributed by atoms with van der Waals surface area (Å²) in [6.07, 6.45) is 6.85. The van der Waals surface area contributed by atoms with E-state index in [-0.39, 0.29) is 17.9 Å². The second kappa shape index (κ2) is 7.70. The summed E-state index contributed by atoms with van der Waals surface area (Å²) in [5.74, 6) is -0.149. The number of aromatic nitrogens is 1. The molecule has 0 saturated carbocycles. The zero-order valence-corrected chi connectivity index (χ0v) is 16.3. The molecule has 2 aliphatic heterocycles. The van der Waals surface area contributed by atoms with Crippen LogP contribution in [0, 0.1) is 5.41 Å². The van der Waals surface area contributed by atoms with Crippen LogP contribution in [-0.2, 0) is 17.6 Å². The summed E-state index contributed by atoms with van der Waals surface area (Å²) in [5.41, 5.74) is 2.41. The van der Waals surface area contributed by atoms with E-state index in [0.717, 1.165) is 62.9 Å². The number of aryl methyl sites for hydroxylation is 2. The molecule has 152 valence electrons. The van der Waals surface area contributed by atoms with Gasteiger partial charge in [-0.25, -0.2) is 9.78 Å². The van der Waals surface area contributed by atoms with Crippen LogP contribution in [0.15, 0.2) is 6.07 Å². The number of pyridine rings is 1. The molecule has 4 rings (SSSR count).